The van der Waals surface area contributed by atoms with E-state index in [0.29, 0.717) is 18.5 Å². The Morgan fingerprint density at radius 2 is 2.00 bits per heavy atom. The van der Waals surface area contributed by atoms with Gasteiger partial charge in [0.05, 0.1) is 0 Å². The van der Waals surface area contributed by atoms with E-state index >= 15 is 0 Å². The number of nitrogen functional groups attached to an aromatic ring is 1. The number of aryl methyl sites for hydroxylation is 1. The molecule has 0 unspecified atom stereocenters. The maximum atomic E-state index is 11.7. The van der Waals surface area contributed by atoms with Gasteiger partial charge in [-0.2, -0.15) is 0 Å². The Bertz CT molecular complexity index is 567. The van der Waals surface area contributed by atoms with Gasteiger partial charge in [-0.1, -0.05) is 12.1 Å². The molecule has 0 bridgehead atoms. The van der Waals surface area contributed by atoms with Gasteiger partial charge in [0.25, 0.3) is 0 Å². The monoisotopic (exact) mass is 257 g/mol. The molecule has 1 amide bonds. The summed E-state index contributed by atoms with van der Waals surface area (Å²) < 4.78 is 0. The summed E-state index contributed by atoms with van der Waals surface area (Å²) in [6.07, 6.45) is 2.44. The summed E-state index contributed by atoms with van der Waals surface area (Å²) in [5.74, 6) is -0.0426. The molecule has 1 aromatic heterocycles. The highest BCUT2D eigenvalue weighted by atomic mass is 16.3. The molecular weight excluding hydrogens is 242 g/mol. The first-order chi connectivity index (χ1) is 9.15. The molecule has 5 nitrogen and oxygen atoms in total. The zero-order valence-corrected chi connectivity index (χ0v) is 10.3. The fourth-order valence-electron chi connectivity index (χ4n) is 1.63. The van der Waals surface area contributed by atoms with E-state index < -0.39 is 0 Å². The van der Waals surface area contributed by atoms with Crippen LogP contribution in [-0.4, -0.2) is 16.0 Å². The van der Waals surface area contributed by atoms with Crippen LogP contribution in [0.4, 0.5) is 11.5 Å². The molecule has 5 heteroatoms. The van der Waals surface area contributed by atoms with E-state index in [9.17, 15) is 9.90 Å². The molecular formula is C14H15N3O2. The molecule has 0 aliphatic rings. The van der Waals surface area contributed by atoms with Crippen LogP contribution in [0.3, 0.4) is 0 Å². The second-order valence-electron chi connectivity index (χ2n) is 4.16. The number of benzene rings is 1. The van der Waals surface area contributed by atoms with Crippen LogP contribution < -0.4 is 11.1 Å². The van der Waals surface area contributed by atoms with Crippen LogP contribution in [0.15, 0.2) is 42.6 Å². The lowest BCUT2D eigenvalue weighted by Gasteiger charge is -2.06. The highest BCUT2D eigenvalue weighted by Crippen LogP contribution is 2.18. The zero-order chi connectivity index (χ0) is 13.7. The SMILES string of the molecule is Nc1ccc(CCC(=O)Nc2ncccc2O)cc1. The lowest BCUT2D eigenvalue weighted by atomic mass is 10.1. The van der Waals surface area contributed by atoms with Crippen molar-refractivity contribution in [2.75, 3.05) is 11.1 Å². The van der Waals surface area contributed by atoms with Crippen molar-refractivity contribution >= 4 is 17.4 Å². The van der Waals surface area contributed by atoms with Gasteiger partial charge in [-0.3, -0.25) is 4.79 Å². The first-order valence-electron chi connectivity index (χ1n) is 5.93. The highest BCUT2D eigenvalue weighted by molar-refractivity contribution is 5.91. The summed E-state index contributed by atoms with van der Waals surface area (Å²) in [5.41, 5.74) is 7.32. The third-order valence-electron chi connectivity index (χ3n) is 2.66. The number of carbonyl (C=O) groups excluding carboxylic acids is 1. The van der Waals surface area contributed by atoms with E-state index in [1.165, 1.54) is 12.3 Å². The number of rotatable bonds is 4. The standard InChI is InChI=1S/C14H15N3O2/c15-11-6-3-10(4-7-11)5-8-13(19)17-14-12(18)2-1-9-16-14/h1-4,6-7,9,18H,5,8,15H2,(H,16,17,19). The Kier molecular flexibility index (Phi) is 3.97. The summed E-state index contributed by atoms with van der Waals surface area (Å²) in [6.45, 7) is 0. The molecule has 98 valence electrons. The number of hydrogen-bond donors (Lipinski definition) is 3. The summed E-state index contributed by atoms with van der Waals surface area (Å²) in [4.78, 5) is 15.6. The fraction of sp³-hybridized carbons (Fsp3) is 0.143. The lowest BCUT2D eigenvalue weighted by Crippen LogP contribution is -2.13. The van der Waals surface area contributed by atoms with E-state index in [0.717, 1.165) is 5.56 Å². The molecule has 2 rings (SSSR count). The predicted molar refractivity (Wildman–Crippen MR) is 73.7 cm³/mol. The normalized spacial score (nSPS) is 10.1. The quantitative estimate of drug-likeness (QED) is 0.730. The Labute approximate surface area is 111 Å². The molecule has 0 saturated carbocycles. The van der Waals surface area contributed by atoms with E-state index in [1.54, 1.807) is 18.2 Å². The molecule has 0 saturated heterocycles. The van der Waals surface area contributed by atoms with Crippen molar-refractivity contribution in [2.45, 2.75) is 12.8 Å². The molecule has 19 heavy (non-hydrogen) atoms. The first-order valence-corrected chi connectivity index (χ1v) is 5.93. The summed E-state index contributed by atoms with van der Waals surface area (Å²) in [7, 11) is 0. The molecule has 0 atom stereocenters. The van der Waals surface area contributed by atoms with Gasteiger partial charge in [0.2, 0.25) is 5.91 Å². The minimum atomic E-state index is -0.189. The highest BCUT2D eigenvalue weighted by Gasteiger charge is 2.07. The zero-order valence-electron chi connectivity index (χ0n) is 10.3. The molecule has 0 radical (unpaired) electrons. The second-order valence-corrected chi connectivity index (χ2v) is 4.16. The van der Waals surface area contributed by atoms with Crippen LogP contribution in [-0.2, 0) is 11.2 Å². The van der Waals surface area contributed by atoms with Gasteiger partial charge in [0.1, 0.15) is 0 Å². The Hall–Kier alpha value is -2.56. The molecule has 1 heterocycles. The number of aromatic hydroxyl groups is 1. The van der Waals surface area contributed by atoms with Gasteiger partial charge in [0, 0.05) is 18.3 Å². The molecule has 0 fully saturated rings. The number of amides is 1. The van der Waals surface area contributed by atoms with Crippen LogP contribution in [0.1, 0.15) is 12.0 Å². The van der Waals surface area contributed by atoms with Crippen molar-refractivity contribution in [2.24, 2.45) is 0 Å². The number of nitrogens with zero attached hydrogens (tertiary/aromatic N) is 1. The van der Waals surface area contributed by atoms with Crippen molar-refractivity contribution in [3.63, 3.8) is 0 Å². The van der Waals surface area contributed by atoms with Crippen LogP contribution >= 0.6 is 0 Å². The van der Waals surface area contributed by atoms with Gasteiger partial charge in [-0.15, -0.1) is 0 Å². The van der Waals surface area contributed by atoms with Gasteiger partial charge in [0.15, 0.2) is 11.6 Å². The smallest absolute Gasteiger partial charge is 0.225 e. The number of anilines is 2. The summed E-state index contributed by atoms with van der Waals surface area (Å²) >= 11 is 0. The van der Waals surface area contributed by atoms with Gasteiger partial charge in [-0.25, -0.2) is 4.98 Å². The van der Waals surface area contributed by atoms with Gasteiger partial charge >= 0.3 is 0 Å². The average Bonchev–Trinajstić information content (AvgIpc) is 2.41. The summed E-state index contributed by atoms with van der Waals surface area (Å²) in [6, 6.07) is 10.5. The summed E-state index contributed by atoms with van der Waals surface area (Å²) in [5, 5.41) is 12.1. The molecule has 2 aromatic rings. The molecule has 0 aliphatic heterocycles. The second kappa shape index (κ2) is 5.86. The topological polar surface area (TPSA) is 88.2 Å². The molecule has 4 N–H and O–H groups in total. The Morgan fingerprint density at radius 3 is 2.68 bits per heavy atom. The first kappa shape index (κ1) is 12.9. The molecule has 0 aliphatic carbocycles. The molecule has 0 spiro atoms. The van der Waals surface area contributed by atoms with E-state index in [4.69, 9.17) is 5.73 Å². The van der Waals surface area contributed by atoms with E-state index in [-0.39, 0.29) is 17.5 Å². The van der Waals surface area contributed by atoms with Crippen molar-refractivity contribution in [3.8, 4) is 5.75 Å². The Morgan fingerprint density at radius 1 is 1.26 bits per heavy atom. The Balaban J connectivity index is 1.88. The van der Waals surface area contributed by atoms with E-state index in [1.807, 2.05) is 12.1 Å². The van der Waals surface area contributed by atoms with Crippen molar-refractivity contribution in [1.29, 1.82) is 0 Å². The van der Waals surface area contributed by atoms with Crippen LogP contribution in [0.25, 0.3) is 0 Å². The number of aromatic nitrogens is 1. The van der Waals surface area contributed by atoms with Crippen molar-refractivity contribution in [1.82, 2.24) is 4.98 Å². The van der Waals surface area contributed by atoms with Crippen LogP contribution in [0, 0.1) is 0 Å². The largest absolute Gasteiger partial charge is 0.504 e. The number of nitrogens with two attached hydrogens (primary N) is 1. The van der Waals surface area contributed by atoms with Crippen molar-refractivity contribution < 1.29 is 9.90 Å². The third-order valence-corrected chi connectivity index (χ3v) is 2.66. The minimum absolute atomic E-state index is 0.0386. The van der Waals surface area contributed by atoms with Gasteiger partial charge < -0.3 is 16.2 Å². The van der Waals surface area contributed by atoms with E-state index in [2.05, 4.69) is 10.3 Å². The predicted octanol–water partition coefficient (Wildman–Crippen LogP) is 1.94. The van der Waals surface area contributed by atoms with Crippen LogP contribution in [0.2, 0.25) is 0 Å². The number of pyridine rings is 1. The maximum absolute atomic E-state index is 11.7. The lowest BCUT2D eigenvalue weighted by molar-refractivity contribution is -0.116. The fourth-order valence-corrected chi connectivity index (χ4v) is 1.63. The van der Waals surface area contributed by atoms with Crippen molar-refractivity contribution in [3.05, 3.63) is 48.2 Å². The number of nitrogens with one attached hydrogen (secondary N) is 1. The van der Waals surface area contributed by atoms with Gasteiger partial charge in [-0.05, 0) is 36.2 Å². The number of carbonyl (C=O) groups is 1. The third kappa shape index (κ3) is 3.70. The maximum Gasteiger partial charge on any atom is 0.225 e. The van der Waals surface area contributed by atoms with Crippen LogP contribution in [0.5, 0.6) is 5.75 Å². The number of hydrogen-bond acceptors (Lipinski definition) is 4. The average molecular weight is 257 g/mol. The minimum Gasteiger partial charge on any atom is -0.504 e. The molecule has 1 aromatic carbocycles.